The molecule has 2 unspecified atom stereocenters. The number of rotatable bonds is 6. The molecule has 2 saturated heterocycles. The van der Waals surface area contributed by atoms with Crippen molar-refractivity contribution in [2.45, 2.75) is 17.7 Å². The monoisotopic (exact) mass is 476 g/mol. The first-order valence-corrected chi connectivity index (χ1v) is 12.7. The molecule has 2 aliphatic rings. The van der Waals surface area contributed by atoms with Gasteiger partial charge >= 0.3 is 0 Å². The maximum absolute atomic E-state index is 12.8. The van der Waals surface area contributed by atoms with E-state index in [1.165, 1.54) is 11.8 Å². The van der Waals surface area contributed by atoms with Gasteiger partial charge in [0.1, 0.15) is 17.2 Å². The van der Waals surface area contributed by atoms with Crippen molar-refractivity contribution in [3.63, 3.8) is 0 Å². The molecular formula is C22H24N2O6S2. The first-order chi connectivity index (χ1) is 15.3. The Labute approximate surface area is 191 Å². The maximum Gasteiger partial charge on any atom is 0.252 e. The molecule has 2 atom stereocenters. The number of sulfone groups is 1. The third-order valence-corrected chi connectivity index (χ3v) is 8.66. The van der Waals surface area contributed by atoms with Gasteiger partial charge in [-0.05, 0) is 29.8 Å². The number of methoxy groups -OCH3 is 3. The summed E-state index contributed by atoms with van der Waals surface area (Å²) in [5.41, 5.74) is 1.44. The molecule has 2 heterocycles. The standard InChI is InChI=1S/C22H24N2O6S2/c1-28-15-6-4-14(5-7-15)10-21(25)23-22-24(18-12-32(26,27)13-20(18)31-22)17-11-16(29-2)8-9-19(17)30-3/h4-9,11,18,20H,10,12-13H2,1-3H3. The van der Waals surface area contributed by atoms with E-state index in [0.717, 1.165) is 5.56 Å². The van der Waals surface area contributed by atoms with Crippen molar-refractivity contribution < 1.29 is 27.4 Å². The fourth-order valence-corrected chi connectivity index (χ4v) is 7.82. The number of carbonyl (C=O) groups is 1. The predicted molar refractivity (Wildman–Crippen MR) is 125 cm³/mol. The molecule has 10 heteroatoms. The van der Waals surface area contributed by atoms with E-state index in [1.54, 1.807) is 51.7 Å². The van der Waals surface area contributed by atoms with Crippen LogP contribution in [0.1, 0.15) is 5.56 Å². The fraction of sp³-hybridized carbons (Fsp3) is 0.364. The van der Waals surface area contributed by atoms with E-state index in [-0.39, 0.29) is 35.1 Å². The lowest BCUT2D eigenvalue weighted by Crippen LogP contribution is -2.38. The Kier molecular flexibility index (Phi) is 6.34. The summed E-state index contributed by atoms with van der Waals surface area (Å²) < 4.78 is 40.6. The molecule has 32 heavy (non-hydrogen) atoms. The smallest absolute Gasteiger partial charge is 0.252 e. The van der Waals surface area contributed by atoms with E-state index < -0.39 is 9.84 Å². The second kappa shape index (κ2) is 9.03. The Morgan fingerprint density at radius 1 is 1.03 bits per heavy atom. The van der Waals surface area contributed by atoms with Crippen molar-refractivity contribution >= 4 is 38.4 Å². The van der Waals surface area contributed by atoms with Crippen LogP contribution in [0.5, 0.6) is 17.2 Å². The Morgan fingerprint density at radius 2 is 1.72 bits per heavy atom. The highest BCUT2D eigenvalue weighted by molar-refractivity contribution is 8.16. The van der Waals surface area contributed by atoms with E-state index in [0.29, 0.717) is 28.1 Å². The van der Waals surface area contributed by atoms with Gasteiger partial charge in [-0.25, -0.2) is 8.42 Å². The molecule has 0 radical (unpaired) electrons. The van der Waals surface area contributed by atoms with Crippen molar-refractivity contribution in [1.82, 2.24) is 0 Å². The largest absolute Gasteiger partial charge is 0.497 e. The highest BCUT2D eigenvalue weighted by Gasteiger charge is 2.50. The molecule has 8 nitrogen and oxygen atoms in total. The van der Waals surface area contributed by atoms with Crippen molar-refractivity contribution in [2.75, 3.05) is 37.7 Å². The van der Waals surface area contributed by atoms with Gasteiger partial charge in [0.2, 0.25) is 0 Å². The van der Waals surface area contributed by atoms with E-state index in [9.17, 15) is 13.2 Å². The Bertz CT molecular complexity index is 1150. The van der Waals surface area contributed by atoms with Crippen LogP contribution < -0.4 is 19.1 Å². The Balaban J connectivity index is 1.68. The number of fused-ring (bicyclic) bond motifs is 1. The SMILES string of the molecule is COc1ccc(CC(=O)N=C2SC3CS(=O)(=O)CC3N2c2cc(OC)ccc2OC)cc1. The number of carbonyl (C=O) groups excluding carboxylic acids is 1. The number of ether oxygens (including phenoxy) is 3. The van der Waals surface area contributed by atoms with Gasteiger partial charge in [0, 0.05) is 11.3 Å². The lowest BCUT2D eigenvalue weighted by atomic mass is 10.1. The molecule has 170 valence electrons. The first kappa shape index (κ1) is 22.5. The topological polar surface area (TPSA) is 94.5 Å². The number of thioether (sulfide) groups is 1. The molecule has 0 bridgehead atoms. The summed E-state index contributed by atoms with van der Waals surface area (Å²) in [6.07, 6.45) is 0.130. The number of amides is 1. The molecule has 0 saturated carbocycles. The van der Waals surface area contributed by atoms with Gasteiger partial charge in [0.05, 0.1) is 51.0 Å². The van der Waals surface area contributed by atoms with Crippen molar-refractivity contribution in [2.24, 2.45) is 4.99 Å². The van der Waals surface area contributed by atoms with Crippen LogP contribution in [-0.2, 0) is 21.1 Å². The molecule has 2 aromatic rings. The van der Waals surface area contributed by atoms with Crippen LogP contribution in [0.2, 0.25) is 0 Å². The molecule has 2 aliphatic heterocycles. The van der Waals surface area contributed by atoms with Gasteiger partial charge in [-0.1, -0.05) is 23.9 Å². The molecule has 4 rings (SSSR count). The number of aliphatic imine (C=N–C) groups is 1. The third kappa shape index (κ3) is 4.56. The molecular weight excluding hydrogens is 452 g/mol. The van der Waals surface area contributed by atoms with Gasteiger partial charge in [-0.15, -0.1) is 0 Å². The number of benzene rings is 2. The summed E-state index contributed by atoms with van der Waals surface area (Å²) in [7, 11) is 1.51. The molecule has 0 N–H and O–H groups in total. The van der Waals surface area contributed by atoms with Crippen molar-refractivity contribution in [3.05, 3.63) is 48.0 Å². The molecule has 2 fully saturated rings. The normalized spacial score (nSPS) is 22.6. The van der Waals surface area contributed by atoms with E-state index in [4.69, 9.17) is 14.2 Å². The van der Waals surface area contributed by atoms with E-state index >= 15 is 0 Å². The molecule has 0 aliphatic carbocycles. The van der Waals surface area contributed by atoms with Gasteiger partial charge < -0.3 is 19.1 Å². The number of anilines is 1. The minimum Gasteiger partial charge on any atom is -0.497 e. The fourth-order valence-electron chi connectivity index (χ4n) is 3.90. The van der Waals surface area contributed by atoms with Crippen LogP contribution in [0.15, 0.2) is 47.5 Å². The Hall–Kier alpha value is -2.72. The summed E-state index contributed by atoms with van der Waals surface area (Å²) in [4.78, 5) is 19.0. The zero-order valence-electron chi connectivity index (χ0n) is 18.0. The van der Waals surface area contributed by atoms with Gasteiger partial charge in [-0.3, -0.25) is 4.79 Å². The van der Waals surface area contributed by atoms with Crippen LogP contribution in [-0.4, -0.2) is 63.6 Å². The van der Waals surface area contributed by atoms with Crippen LogP contribution >= 0.6 is 11.8 Å². The molecule has 0 spiro atoms. The average Bonchev–Trinajstić information content (AvgIpc) is 3.24. The zero-order valence-corrected chi connectivity index (χ0v) is 19.6. The van der Waals surface area contributed by atoms with E-state index in [2.05, 4.69) is 4.99 Å². The summed E-state index contributed by atoms with van der Waals surface area (Å²) >= 11 is 1.32. The zero-order chi connectivity index (χ0) is 22.9. The highest BCUT2D eigenvalue weighted by Crippen LogP contribution is 2.45. The quantitative estimate of drug-likeness (QED) is 0.628. The highest BCUT2D eigenvalue weighted by atomic mass is 32.2. The van der Waals surface area contributed by atoms with Crippen molar-refractivity contribution in [3.8, 4) is 17.2 Å². The molecule has 0 aromatic heterocycles. The first-order valence-electron chi connectivity index (χ1n) is 9.96. The molecule has 2 aromatic carbocycles. The summed E-state index contributed by atoms with van der Waals surface area (Å²) in [5.74, 6) is 1.59. The summed E-state index contributed by atoms with van der Waals surface area (Å²) in [6.45, 7) is 0. The summed E-state index contributed by atoms with van der Waals surface area (Å²) in [5, 5.41) is 0.267. The van der Waals surface area contributed by atoms with Crippen LogP contribution in [0.4, 0.5) is 5.69 Å². The lowest BCUT2D eigenvalue weighted by molar-refractivity contribution is -0.117. The van der Waals surface area contributed by atoms with E-state index in [1.807, 2.05) is 17.0 Å². The Morgan fingerprint density at radius 3 is 2.38 bits per heavy atom. The minimum atomic E-state index is -3.18. The average molecular weight is 477 g/mol. The second-order valence-corrected chi connectivity index (χ2v) is 10.9. The van der Waals surface area contributed by atoms with Crippen LogP contribution in [0, 0.1) is 0 Å². The lowest BCUT2D eigenvalue weighted by Gasteiger charge is -2.26. The predicted octanol–water partition coefficient (Wildman–Crippen LogP) is 2.56. The number of nitrogens with zero attached hydrogens (tertiary/aromatic N) is 2. The van der Waals surface area contributed by atoms with Crippen LogP contribution in [0.3, 0.4) is 0 Å². The van der Waals surface area contributed by atoms with Crippen molar-refractivity contribution in [1.29, 1.82) is 0 Å². The van der Waals surface area contributed by atoms with Gasteiger partial charge in [-0.2, -0.15) is 4.99 Å². The van der Waals surface area contributed by atoms with Gasteiger partial charge in [0.15, 0.2) is 15.0 Å². The minimum absolute atomic E-state index is 0.00325. The number of hydrogen-bond donors (Lipinski definition) is 0. The summed E-state index contributed by atoms with van der Waals surface area (Å²) in [6, 6.07) is 12.2. The second-order valence-electron chi connectivity index (χ2n) is 7.52. The maximum atomic E-state index is 12.8. The van der Waals surface area contributed by atoms with Gasteiger partial charge in [0.25, 0.3) is 5.91 Å². The third-order valence-electron chi connectivity index (χ3n) is 5.45. The van der Waals surface area contributed by atoms with Crippen LogP contribution in [0.25, 0.3) is 0 Å². The molecule has 1 amide bonds. The number of amidine groups is 1. The number of hydrogen-bond acceptors (Lipinski definition) is 7.